The van der Waals surface area contributed by atoms with E-state index in [-0.39, 0.29) is 11.9 Å². The summed E-state index contributed by atoms with van der Waals surface area (Å²) < 4.78 is 0. The van der Waals surface area contributed by atoms with Crippen LogP contribution >= 0.6 is 0 Å². The number of aromatic nitrogens is 3. The number of nitrogens with zero attached hydrogens (tertiary/aromatic N) is 4. The molecule has 2 aromatic rings. The number of carbonyl (C=O) groups is 1. The van der Waals surface area contributed by atoms with Crippen molar-refractivity contribution in [1.82, 2.24) is 25.4 Å². The van der Waals surface area contributed by atoms with Gasteiger partial charge in [0.25, 0.3) is 5.91 Å². The van der Waals surface area contributed by atoms with Crippen LogP contribution in [0.2, 0.25) is 0 Å². The maximum atomic E-state index is 12.1. The van der Waals surface area contributed by atoms with Crippen molar-refractivity contribution in [2.45, 2.75) is 12.5 Å². The number of nitrogens with one attached hydrogen (secondary N) is 2. The molecule has 1 aliphatic rings. The summed E-state index contributed by atoms with van der Waals surface area (Å²) in [5.41, 5.74) is 1.94. The molecular formula is C14H14N6O. The molecule has 2 aromatic heterocycles. The van der Waals surface area contributed by atoms with E-state index in [1.54, 1.807) is 23.4 Å². The van der Waals surface area contributed by atoms with E-state index in [1.807, 2.05) is 12.1 Å². The van der Waals surface area contributed by atoms with Crippen molar-refractivity contribution >= 4 is 5.91 Å². The third-order valence-corrected chi connectivity index (χ3v) is 3.44. The Morgan fingerprint density at radius 2 is 2.48 bits per heavy atom. The first-order valence-electron chi connectivity index (χ1n) is 6.67. The molecule has 1 atom stereocenters. The summed E-state index contributed by atoms with van der Waals surface area (Å²) in [4.78, 5) is 17.8. The second-order valence-corrected chi connectivity index (χ2v) is 4.91. The summed E-state index contributed by atoms with van der Waals surface area (Å²) in [5.74, 6) is -0.206. The molecule has 3 rings (SSSR count). The lowest BCUT2D eigenvalue weighted by Crippen LogP contribution is -2.36. The third kappa shape index (κ3) is 2.84. The van der Waals surface area contributed by atoms with Crippen LogP contribution in [0.5, 0.6) is 0 Å². The molecule has 1 unspecified atom stereocenters. The lowest BCUT2D eigenvalue weighted by molar-refractivity contribution is 0.0933. The highest BCUT2D eigenvalue weighted by Gasteiger charge is 2.24. The molecule has 7 nitrogen and oxygen atoms in total. The maximum absolute atomic E-state index is 12.1. The van der Waals surface area contributed by atoms with Gasteiger partial charge in [-0.05, 0) is 24.6 Å². The zero-order valence-corrected chi connectivity index (χ0v) is 11.3. The number of H-pyrrole nitrogens is 1. The molecule has 1 fully saturated rings. The number of hydrogen-bond donors (Lipinski definition) is 2. The van der Waals surface area contributed by atoms with Gasteiger partial charge in [0.15, 0.2) is 6.19 Å². The van der Waals surface area contributed by atoms with E-state index in [2.05, 4.69) is 26.7 Å². The number of likely N-dealkylation sites (tertiary alicyclic amines) is 1. The van der Waals surface area contributed by atoms with E-state index in [0.29, 0.717) is 24.5 Å². The third-order valence-electron chi connectivity index (χ3n) is 3.44. The fourth-order valence-electron chi connectivity index (χ4n) is 2.33. The largest absolute Gasteiger partial charge is 0.346 e. The van der Waals surface area contributed by atoms with Gasteiger partial charge in [0.1, 0.15) is 5.69 Å². The first kappa shape index (κ1) is 13.1. The van der Waals surface area contributed by atoms with Crippen LogP contribution < -0.4 is 5.32 Å². The second-order valence-electron chi connectivity index (χ2n) is 4.91. The number of carbonyl (C=O) groups excluding carboxylic acids is 1. The highest BCUT2D eigenvalue weighted by atomic mass is 16.2. The number of aromatic amines is 1. The van der Waals surface area contributed by atoms with Crippen LogP contribution in [-0.2, 0) is 0 Å². The maximum Gasteiger partial charge on any atom is 0.269 e. The molecule has 0 bridgehead atoms. The summed E-state index contributed by atoms with van der Waals surface area (Å²) >= 11 is 0. The molecule has 0 spiro atoms. The Hall–Kier alpha value is -2.88. The van der Waals surface area contributed by atoms with Crippen molar-refractivity contribution in [3.05, 3.63) is 36.3 Å². The first-order chi connectivity index (χ1) is 10.3. The van der Waals surface area contributed by atoms with Crippen LogP contribution in [0.4, 0.5) is 0 Å². The smallest absolute Gasteiger partial charge is 0.269 e. The molecule has 7 heteroatoms. The standard InChI is InChI=1S/C14H14N6O/c15-9-20-5-3-11(8-20)17-14(21)13-6-12(18-19-13)10-2-1-4-16-7-10/h1-2,4,6-7,11H,3,5,8H2,(H,17,21)(H,18,19). The monoisotopic (exact) mass is 282 g/mol. The van der Waals surface area contributed by atoms with Crippen LogP contribution in [0.1, 0.15) is 16.9 Å². The van der Waals surface area contributed by atoms with Crippen molar-refractivity contribution in [2.75, 3.05) is 13.1 Å². The fourth-order valence-corrected chi connectivity index (χ4v) is 2.33. The topological polar surface area (TPSA) is 97.7 Å². The Bertz CT molecular complexity index is 674. The van der Waals surface area contributed by atoms with E-state index >= 15 is 0 Å². The van der Waals surface area contributed by atoms with E-state index in [4.69, 9.17) is 5.26 Å². The molecule has 1 aliphatic heterocycles. The van der Waals surface area contributed by atoms with Gasteiger partial charge in [0.05, 0.1) is 5.69 Å². The van der Waals surface area contributed by atoms with Gasteiger partial charge < -0.3 is 10.2 Å². The Kier molecular flexibility index (Phi) is 3.51. The van der Waals surface area contributed by atoms with Gasteiger partial charge in [0.2, 0.25) is 0 Å². The molecule has 0 saturated carbocycles. The van der Waals surface area contributed by atoms with E-state index < -0.39 is 0 Å². The Labute approximate surface area is 121 Å². The Morgan fingerprint density at radius 1 is 1.57 bits per heavy atom. The lowest BCUT2D eigenvalue weighted by atomic mass is 10.2. The molecule has 1 amide bonds. The summed E-state index contributed by atoms with van der Waals surface area (Å²) in [7, 11) is 0. The zero-order valence-electron chi connectivity index (χ0n) is 11.3. The van der Waals surface area contributed by atoms with E-state index in [9.17, 15) is 4.79 Å². The van der Waals surface area contributed by atoms with Crippen LogP contribution in [0.15, 0.2) is 30.6 Å². The van der Waals surface area contributed by atoms with Gasteiger partial charge in [-0.2, -0.15) is 10.4 Å². The molecule has 106 valence electrons. The van der Waals surface area contributed by atoms with E-state index in [0.717, 1.165) is 12.0 Å². The molecular weight excluding hydrogens is 268 g/mol. The summed E-state index contributed by atoms with van der Waals surface area (Å²) in [5, 5.41) is 18.6. The predicted octanol–water partition coefficient (Wildman–Crippen LogP) is 0.757. The second kappa shape index (κ2) is 5.63. The van der Waals surface area contributed by atoms with Gasteiger partial charge >= 0.3 is 0 Å². The molecule has 3 heterocycles. The molecule has 21 heavy (non-hydrogen) atoms. The van der Waals surface area contributed by atoms with Gasteiger partial charge in [-0.25, -0.2) is 0 Å². The summed E-state index contributed by atoms with van der Waals surface area (Å²) in [6, 6.07) is 5.40. The minimum absolute atomic E-state index is 0.00212. The van der Waals surface area contributed by atoms with Crippen LogP contribution in [-0.4, -0.2) is 45.1 Å². The predicted molar refractivity (Wildman–Crippen MR) is 74.9 cm³/mol. The van der Waals surface area contributed by atoms with Crippen molar-refractivity contribution in [3.8, 4) is 17.5 Å². The first-order valence-corrected chi connectivity index (χ1v) is 6.67. The number of hydrogen-bond acceptors (Lipinski definition) is 5. The molecule has 1 saturated heterocycles. The van der Waals surface area contributed by atoms with Crippen molar-refractivity contribution in [3.63, 3.8) is 0 Å². The number of nitriles is 1. The summed E-state index contributed by atoms with van der Waals surface area (Å²) in [6.45, 7) is 1.25. The fraction of sp³-hybridized carbons (Fsp3) is 0.286. The van der Waals surface area contributed by atoms with Crippen molar-refractivity contribution < 1.29 is 4.79 Å². The minimum atomic E-state index is -0.206. The average molecular weight is 282 g/mol. The van der Waals surface area contributed by atoms with Crippen LogP contribution in [0, 0.1) is 11.5 Å². The van der Waals surface area contributed by atoms with Gasteiger partial charge in [-0.1, -0.05) is 0 Å². The quantitative estimate of drug-likeness (QED) is 0.810. The van der Waals surface area contributed by atoms with Gasteiger partial charge in [-0.15, -0.1) is 0 Å². The van der Waals surface area contributed by atoms with Crippen molar-refractivity contribution in [2.24, 2.45) is 0 Å². The highest BCUT2D eigenvalue weighted by molar-refractivity contribution is 5.93. The molecule has 0 aromatic carbocycles. The molecule has 0 aliphatic carbocycles. The van der Waals surface area contributed by atoms with Gasteiger partial charge in [0, 0.05) is 37.1 Å². The number of amides is 1. The molecule has 0 radical (unpaired) electrons. The minimum Gasteiger partial charge on any atom is -0.346 e. The van der Waals surface area contributed by atoms with Crippen LogP contribution in [0.3, 0.4) is 0 Å². The SMILES string of the molecule is N#CN1CCC(NC(=O)c2cc(-c3cccnc3)n[nH]2)C1. The average Bonchev–Trinajstić information content (AvgIpc) is 3.17. The normalized spacial score (nSPS) is 17.5. The Balaban J connectivity index is 1.67. The van der Waals surface area contributed by atoms with E-state index in [1.165, 1.54) is 0 Å². The zero-order chi connectivity index (χ0) is 14.7. The lowest BCUT2D eigenvalue weighted by Gasteiger charge is -2.10. The Morgan fingerprint density at radius 3 is 3.19 bits per heavy atom. The number of rotatable bonds is 3. The number of pyridine rings is 1. The van der Waals surface area contributed by atoms with Crippen molar-refractivity contribution in [1.29, 1.82) is 5.26 Å². The molecule has 2 N–H and O–H groups in total. The summed E-state index contributed by atoms with van der Waals surface area (Å²) in [6.07, 6.45) is 6.25. The highest BCUT2D eigenvalue weighted by Crippen LogP contribution is 2.16. The van der Waals surface area contributed by atoms with Crippen LogP contribution in [0.25, 0.3) is 11.3 Å². The van der Waals surface area contributed by atoms with Gasteiger partial charge in [-0.3, -0.25) is 14.9 Å².